The second-order valence-electron chi connectivity index (χ2n) is 3.67. The summed E-state index contributed by atoms with van der Waals surface area (Å²) in [7, 11) is 0. The lowest BCUT2D eigenvalue weighted by Gasteiger charge is -2.05. The Balaban J connectivity index is 2.22. The summed E-state index contributed by atoms with van der Waals surface area (Å²) in [6, 6.07) is 15.7. The Kier molecular flexibility index (Phi) is 3.74. The fraction of sp³-hybridized carbons (Fsp3) is 0. The molecule has 2 aromatic carbocycles. The van der Waals surface area contributed by atoms with Crippen LogP contribution in [0.4, 0.5) is 11.4 Å². The predicted octanol–water partition coefficient (Wildman–Crippen LogP) is 2.32. The van der Waals surface area contributed by atoms with E-state index in [0.717, 1.165) is 9.79 Å². The lowest BCUT2D eigenvalue weighted by Crippen LogP contribution is -2.22. The second-order valence-corrected chi connectivity index (χ2v) is 4.82. The number of benzene rings is 2. The van der Waals surface area contributed by atoms with E-state index in [2.05, 4.69) is 4.99 Å². The number of nitrogens with two attached hydrogens (primary N) is 3. The molecule has 0 atom stereocenters. The van der Waals surface area contributed by atoms with Crippen molar-refractivity contribution in [2.24, 2.45) is 16.5 Å². The molecule has 0 saturated heterocycles. The van der Waals surface area contributed by atoms with Crippen LogP contribution in [-0.2, 0) is 0 Å². The molecule has 5 heteroatoms. The Morgan fingerprint density at radius 3 is 2.28 bits per heavy atom. The molecule has 0 unspecified atom stereocenters. The first kappa shape index (κ1) is 12.3. The monoisotopic (exact) mass is 258 g/mol. The van der Waals surface area contributed by atoms with Crippen molar-refractivity contribution in [2.75, 3.05) is 5.73 Å². The Morgan fingerprint density at radius 1 is 0.944 bits per heavy atom. The van der Waals surface area contributed by atoms with Gasteiger partial charge in [0.15, 0.2) is 5.96 Å². The highest BCUT2D eigenvalue weighted by Gasteiger charge is 2.02. The summed E-state index contributed by atoms with van der Waals surface area (Å²) in [5.41, 5.74) is 17.7. The number of nitrogen functional groups attached to an aromatic ring is 1. The minimum absolute atomic E-state index is 0.00478. The highest BCUT2D eigenvalue weighted by Crippen LogP contribution is 2.32. The van der Waals surface area contributed by atoms with Crippen molar-refractivity contribution in [3.05, 3.63) is 48.5 Å². The van der Waals surface area contributed by atoms with Gasteiger partial charge in [0.2, 0.25) is 0 Å². The highest BCUT2D eigenvalue weighted by molar-refractivity contribution is 7.99. The summed E-state index contributed by atoms with van der Waals surface area (Å²) >= 11 is 1.64. The van der Waals surface area contributed by atoms with Crippen LogP contribution in [0.15, 0.2) is 63.3 Å². The van der Waals surface area contributed by atoms with E-state index in [1.165, 1.54) is 0 Å². The van der Waals surface area contributed by atoms with Crippen molar-refractivity contribution in [2.45, 2.75) is 9.79 Å². The molecule has 92 valence electrons. The van der Waals surface area contributed by atoms with Crippen LogP contribution in [0.1, 0.15) is 0 Å². The van der Waals surface area contributed by atoms with Crippen LogP contribution in [-0.4, -0.2) is 5.96 Å². The molecule has 2 rings (SSSR count). The highest BCUT2D eigenvalue weighted by atomic mass is 32.2. The van der Waals surface area contributed by atoms with Gasteiger partial charge in [0.05, 0.1) is 11.4 Å². The van der Waals surface area contributed by atoms with Gasteiger partial charge in [-0.05, 0) is 30.3 Å². The van der Waals surface area contributed by atoms with E-state index in [9.17, 15) is 0 Å². The molecule has 2 aromatic rings. The van der Waals surface area contributed by atoms with Gasteiger partial charge in [-0.3, -0.25) is 0 Å². The smallest absolute Gasteiger partial charge is 0.191 e. The predicted molar refractivity (Wildman–Crippen MR) is 76.9 cm³/mol. The maximum atomic E-state index is 5.89. The zero-order valence-corrected chi connectivity index (χ0v) is 10.5. The molecule has 0 saturated carbocycles. The minimum Gasteiger partial charge on any atom is -0.397 e. The molecule has 18 heavy (non-hydrogen) atoms. The number of guanidine groups is 1. The fourth-order valence-electron chi connectivity index (χ4n) is 1.46. The van der Waals surface area contributed by atoms with Crippen LogP contribution in [0.3, 0.4) is 0 Å². The molecule has 0 bridgehead atoms. The fourth-order valence-corrected chi connectivity index (χ4v) is 2.35. The number of nitrogens with zero attached hydrogens (tertiary/aromatic N) is 1. The van der Waals surface area contributed by atoms with E-state index in [1.807, 2.05) is 42.5 Å². The lowest BCUT2D eigenvalue weighted by molar-refractivity contribution is 1.37. The van der Waals surface area contributed by atoms with Gasteiger partial charge in [-0.15, -0.1) is 0 Å². The summed E-state index contributed by atoms with van der Waals surface area (Å²) in [5, 5.41) is 0. The molecule has 0 aromatic heterocycles. The van der Waals surface area contributed by atoms with Crippen LogP contribution in [0.2, 0.25) is 0 Å². The average Bonchev–Trinajstić information content (AvgIpc) is 2.33. The summed E-state index contributed by atoms with van der Waals surface area (Å²) in [6.45, 7) is 0. The van der Waals surface area contributed by atoms with Crippen LogP contribution < -0.4 is 17.2 Å². The first-order chi connectivity index (χ1) is 8.65. The van der Waals surface area contributed by atoms with Crippen LogP contribution in [0, 0.1) is 0 Å². The molecule has 0 aliphatic rings. The van der Waals surface area contributed by atoms with Crippen LogP contribution >= 0.6 is 11.8 Å². The van der Waals surface area contributed by atoms with E-state index < -0.39 is 0 Å². The average molecular weight is 258 g/mol. The molecule has 0 fully saturated rings. The summed E-state index contributed by atoms with van der Waals surface area (Å²) in [6.07, 6.45) is 0. The van der Waals surface area contributed by atoms with Crippen molar-refractivity contribution in [1.29, 1.82) is 0 Å². The zero-order chi connectivity index (χ0) is 13.0. The molecule has 4 nitrogen and oxygen atoms in total. The molecule has 0 heterocycles. The van der Waals surface area contributed by atoms with E-state index in [-0.39, 0.29) is 5.96 Å². The first-order valence-corrected chi connectivity index (χ1v) is 6.19. The maximum absolute atomic E-state index is 5.89. The quantitative estimate of drug-likeness (QED) is 0.447. The van der Waals surface area contributed by atoms with Gasteiger partial charge < -0.3 is 17.2 Å². The van der Waals surface area contributed by atoms with Gasteiger partial charge in [-0.25, -0.2) is 4.99 Å². The standard InChI is InChI=1S/C13H14N4S/c14-11-8-10(6-7-12(11)17-13(15)16)18-9-4-2-1-3-5-9/h1-8H,14H2,(H4,15,16,17). The molecule has 0 radical (unpaired) electrons. The van der Waals surface area contributed by atoms with Crippen molar-refractivity contribution in [1.82, 2.24) is 0 Å². The van der Waals surface area contributed by atoms with Crippen molar-refractivity contribution < 1.29 is 0 Å². The number of rotatable bonds is 3. The van der Waals surface area contributed by atoms with Gasteiger partial charge in [-0.1, -0.05) is 30.0 Å². The molecule has 0 amide bonds. The van der Waals surface area contributed by atoms with E-state index >= 15 is 0 Å². The van der Waals surface area contributed by atoms with Crippen molar-refractivity contribution >= 4 is 29.1 Å². The summed E-state index contributed by atoms with van der Waals surface area (Å²) in [5.74, 6) is 0.00478. The molecular formula is C13H14N4S. The van der Waals surface area contributed by atoms with E-state index in [1.54, 1.807) is 17.8 Å². The topological polar surface area (TPSA) is 90.4 Å². The molecule has 0 spiro atoms. The minimum atomic E-state index is 0.00478. The number of aliphatic imine (C=N–C) groups is 1. The summed E-state index contributed by atoms with van der Waals surface area (Å²) in [4.78, 5) is 6.15. The normalized spacial score (nSPS) is 10.0. The summed E-state index contributed by atoms with van der Waals surface area (Å²) < 4.78 is 0. The second kappa shape index (κ2) is 5.46. The number of anilines is 1. The molecule has 0 aliphatic carbocycles. The zero-order valence-electron chi connectivity index (χ0n) is 9.71. The SMILES string of the molecule is NC(N)=Nc1ccc(Sc2ccccc2)cc1N. The van der Waals surface area contributed by atoms with E-state index in [4.69, 9.17) is 17.2 Å². The van der Waals surface area contributed by atoms with Gasteiger partial charge in [-0.2, -0.15) is 0 Å². The van der Waals surface area contributed by atoms with Crippen LogP contribution in [0.25, 0.3) is 0 Å². The Labute approximate surface area is 110 Å². The molecule has 0 aliphatic heterocycles. The number of hydrogen-bond acceptors (Lipinski definition) is 3. The van der Waals surface area contributed by atoms with Gasteiger partial charge in [0.25, 0.3) is 0 Å². The molecule has 6 N–H and O–H groups in total. The Bertz CT molecular complexity index is 562. The van der Waals surface area contributed by atoms with Gasteiger partial charge in [0, 0.05) is 9.79 Å². The molecular weight excluding hydrogens is 244 g/mol. The van der Waals surface area contributed by atoms with Crippen molar-refractivity contribution in [3.8, 4) is 0 Å². The van der Waals surface area contributed by atoms with E-state index in [0.29, 0.717) is 11.4 Å². The van der Waals surface area contributed by atoms with Crippen molar-refractivity contribution in [3.63, 3.8) is 0 Å². The maximum Gasteiger partial charge on any atom is 0.191 e. The third-order valence-corrected chi connectivity index (χ3v) is 3.22. The third kappa shape index (κ3) is 3.18. The largest absolute Gasteiger partial charge is 0.397 e. The van der Waals surface area contributed by atoms with Gasteiger partial charge >= 0.3 is 0 Å². The Morgan fingerprint density at radius 2 is 1.67 bits per heavy atom. The Hall–Kier alpha value is -2.14. The van der Waals surface area contributed by atoms with Crippen LogP contribution in [0.5, 0.6) is 0 Å². The lowest BCUT2D eigenvalue weighted by atomic mass is 10.3. The first-order valence-electron chi connectivity index (χ1n) is 5.37. The van der Waals surface area contributed by atoms with Gasteiger partial charge in [0.1, 0.15) is 0 Å². The number of hydrogen-bond donors (Lipinski definition) is 3. The third-order valence-electron chi connectivity index (χ3n) is 2.23.